The standard InChI is InChI=1S/C46H31OP/c47-48(36-27-23-34(24-28-36)32-13-3-1-4-14-32,37-29-25-35(26-30-37)33-15-5-2-6-16-33)45-31-44-40-19-8-7-17-38(40)39-18-9-11-21-42(39)46(44)43-22-12-10-20-41(43)45/h1-31H. The van der Waals surface area contributed by atoms with Crippen LogP contribution in [0.2, 0.25) is 0 Å². The van der Waals surface area contributed by atoms with E-state index in [1.807, 2.05) is 12.1 Å². The molecule has 0 bridgehead atoms. The molecule has 9 aromatic carbocycles. The molecule has 0 aliphatic rings. The molecule has 0 spiro atoms. The van der Waals surface area contributed by atoms with Crippen molar-refractivity contribution in [2.45, 2.75) is 0 Å². The second-order valence-corrected chi connectivity index (χ2v) is 15.1. The normalized spacial score (nSPS) is 11.8. The maximum atomic E-state index is 16.4. The molecular weight excluding hydrogens is 599 g/mol. The van der Waals surface area contributed by atoms with Gasteiger partial charge < -0.3 is 4.57 Å². The fraction of sp³-hybridized carbons (Fsp3) is 0. The number of benzene rings is 9. The van der Waals surface area contributed by atoms with Crippen molar-refractivity contribution < 1.29 is 4.57 Å². The molecule has 0 aliphatic carbocycles. The Morgan fingerprint density at radius 1 is 0.292 bits per heavy atom. The van der Waals surface area contributed by atoms with E-state index in [9.17, 15) is 0 Å². The van der Waals surface area contributed by atoms with Crippen LogP contribution in [-0.4, -0.2) is 0 Å². The Bertz CT molecular complexity index is 2570. The summed E-state index contributed by atoms with van der Waals surface area (Å²) >= 11 is 0. The van der Waals surface area contributed by atoms with Gasteiger partial charge in [-0.3, -0.25) is 0 Å². The lowest BCUT2D eigenvalue weighted by molar-refractivity contribution is 0.592. The summed E-state index contributed by atoms with van der Waals surface area (Å²) in [6.45, 7) is 0. The van der Waals surface area contributed by atoms with Crippen molar-refractivity contribution in [2.75, 3.05) is 0 Å². The molecule has 48 heavy (non-hydrogen) atoms. The molecule has 0 fully saturated rings. The van der Waals surface area contributed by atoms with Gasteiger partial charge in [-0.05, 0) is 71.4 Å². The first-order valence-electron chi connectivity index (χ1n) is 16.4. The Balaban J connectivity index is 1.36. The van der Waals surface area contributed by atoms with Gasteiger partial charge in [0.2, 0.25) is 0 Å². The number of hydrogen-bond donors (Lipinski definition) is 0. The van der Waals surface area contributed by atoms with Gasteiger partial charge in [-0.25, -0.2) is 0 Å². The van der Waals surface area contributed by atoms with Crippen LogP contribution in [0, 0.1) is 0 Å². The van der Waals surface area contributed by atoms with E-state index in [4.69, 9.17) is 0 Å². The van der Waals surface area contributed by atoms with Gasteiger partial charge in [0.1, 0.15) is 0 Å². The van der Waals surface area contributed by atoms with Crippen LogP contribution in [0.4, 0.5) is 0 Å². The van der Waals surface area contributed by atoms with Crippen LogP contribution in [0.3, 0.4) is 0 Å². The van der Waals surface area contributed by atoms with Crippen molar-refractivity contribution in [1.29, 1.82) is 0 Å². The van der Waals surface area contributed by atoms with Crippen molar-refractivity contribution in [2.24, 2.45) is 0 Å². The van der Waals surface area contributed by atoms with Crippen molar-refractivity contribution in [3.05, 3.63) is 188 Å². The monoisotopic (exact) mass is 630 g/mol. The third kappa shape index (κ3) is 4.51. The van der Waals surface area contributed by atoms with Crippen molar-refractivity contribution in [3.63, 3.8) is 0 Å². The van der Waals surface area contributed by atoms with E-state index in [1.165, 1.54) is 26.9 Å². The van der Waals surface area contributed by atoms with E-state index in [1.54, 1.807) is 0 Å². The fourth-order valence-electron chi connectivity index (χ4n) is 7.42. The van der Waals surface area contributed by atoms with Crippen molar-refractivity contribution in [1.82, 2.24) is 0 Å². The maximum absolute atomic E-state index is 16.4. The molecule has 0 aliphatic heterocycles. The molecule has 0 unspecified atom stereocenters. The van der Waals surface area contributed by atoms with Gasteiger partial charge in [0, 0.05) is 15.9 Å². The van der Waals surface area contributed by atoms with E-state index in [0.717, 1.165) is 54.3 Å². The third-order valence-electron chi connectivity index (χ3n) is 9.74. The molecule has 9 aromatic rings. The SMILES string of the molecule is O=P(c1ccc(-c2ccccc2)cc1)(c1ccc(-c2ccccc2)cc1)c1cc2c3ccccc3c3ccccc3c2c2ccccc12. The minimum atomic E-state index is -3.39. The van der Waals surface area contributed by atoms with Crippen LogP contribution >= 0.6 is 7.14 Å². The first kappa shape index (κ1) is 28.5. The molecule has 0 atom stereocenters. The molecule has 9 rings (SSSR count). The zero-order valence-corrected chi connectivity index (χ0v) is 27.1. The van der Waals surface area contributed by atoms with E-state index >= 15 is 4.57 Å². The molecule has 0 saturated carbocycles. The highest BCUT2D eigenvalue weighted by molar-refractivity contribution is 7.85. The van der Waals surface area contributed by atoms with Crippen LogP contribution in [0.1, 0.15) is 0 Å². The summed E-state index contributed by atoms with van der Waals surface area (Å²) in [6.07, 6.45) is 0. The lowest BCUT2D eigenvalue weighted by atomic mass is 9.91. The Morgan fingerprint density at radius 2 is 0.625 bits per heavy atom. The zero-order chi connectivity index (χ0) is 32.1. The Kier molecular flexibility index (Phi) is 6.82. The summed E-state index contributed by atoms with van der Waals surface area (Å²) in [6, 6.07) is 65.5. The topological polar surface area (TPSA) is 17.1 Å². The van der Waals surface area contributed by atoms with Crippen LogP contribution in [0.25, 0.3) is 65.3 Å². The smallest absolute Gasteiger partial charge is 0.171 e. The quantitative estimate of drug-likeness (QED) is 0.137. The van der Waals surface area contributed by atoms with Gasteiger partial charge in [-0.15, -0.1) is 0 Å². The van der Waals surface area contributed by atoms with Gasteiger partial charge in [0.15, 0.2) is 7.14 Å². The predicted molar refractivity (Wildman–Crippen MR) is 207 cm³/mol. The van der Waals surface area contributed by atoms with Crippen LogP contribution in [0.15, 0.2) is 188 Å². The highest BCUT2D eigenvalue weighted by atomic mass is 31.2. The van der Waals surface area contributed by atoms with E-state index in [-0.39, 0.29) is 0 Å². The third-order valence-corrected chi connectivity index (χ3v) is 12.8. The lowest BCUT2D eigenvalue weighted by Gasteiger charge is -2.24. The molecule has 0 radical (unpaired) electrons. The molecule has 0 saturated heterocycles. The average Bonchev–Trinajstić information content (AvgIpc) is 3.18. The van der Waals surface area contributed by atoms with E-state index in [0.29, 0.717) is 0 Å². The summed E-state index contributed by atoms with van der Waals surface area (Å²) in [5, 5.41) is 11.8. The summed E-state index contributed by atoms with van der Waals surface area (Å²) in [5.74, 6) is 0. The van der Waals surface area contributed by atoms with Crippen LogP contribution in [0.5, 0.6) is 0 Å². The fourth-order valence-corrected chi connectivity index (χ4v) is 10.3. The second kappa shape index (κ2) is 11.5. The van der Waals surface area contributed by atoms with E-state index < -0.39 is 7.14 Å². The number of rotatable bonds is 5. The molecule has 2 heteroatoms. The Morgan fingerprint density at radius 3 is 1.10 bits per heavy atom. The molecule has 1 nitrogen and oxygen atoms in total. The second-order valence-electron chi connectivity index (χ2n) is 12.4. The van der Waals surface area contributed by atoms with Crippen molar-refractivity contribution >= 4 is 66.1 Å². The molecule has 0 heterocycles. The summed E-state index contributed by atoms with van der Waals surface area (Å²) < 4.78 is 16.4. The van der Waals surface area contributed by atoms with Crippen LogP contribution < -0.4 is 15.9 Å². The van der Waals surface area contributed by atoms with Gasteiger partial charge in [-0.2, -0.15) is 0 Å². The summed E-state index contributed by atoms with van der Waals surface area (Å²) in [5.41, 5.74) is 4.48. The van der Waals surface area contributed by atoms with Gasteiger partial charge in [0.25, 0.3) is 0 Å². The minimum absolute atomic E-state index is 0.823. The maximum Gasteiger partial charge on any atom is 0.171 e. The minimum Gasteiger partial charge on any atom is -0.309 e. The Labute approximate surface area is 280 Å². The predicted octanol–water partition coefficient (Wildman–Crippen LogP) is 11.3. The average molecular weight is 631 g/mol. The van der Waals surface area contributed by atoms with Gasteiger partial charge in [-0.1, -0.05) is 182 Å². The zero-order valence-electron chi connectivity index (χ0n) is 26.3. The summed E-state index contributed by atoms with van der Waals surface area (Å²) in [7, 11) is -3.39. The molecular formula is C46H31OP. The van der Waals surface area contributed by atoms with Crippen LogP contribution in [-0.2, 0) is 4.57 Å². The summed E-state index contributed by atoms with van der Waals surface area (Å²) in [4.78, 5) is 0. The van der Waals surface area contributed by atoms with Crippen molar-refractivity contribution in [3.8, 4) is 22.3 Å². The highest BCUT2D eigenvalue weighted by Crippen LogP contribution is 2.48. The lowest BCUT2D eigenvalue weighted by Crippen LogP contribution is -2.26. The molecule has 0 N–H and O–H groups in total. The molecule has 0 amide bonds. The number of fused-ring (bicyclic) bond motifs is 8. The molecule has 226 valence electrons. The first-order valence-corrected chi connectivity index (χ1v) is 18.1. The first-order chi connectivity index (χ1) is 23.7. The van der Waals surface area contributed by atoms with E-state index in [2.05, 4.69) is 176 Å². The van der Waals surface area contributed by atoms with Gasteiger partial charge in [0.05, 0.1) is 0 Å². The van der Waals surface area contributed by atoms with Gasteiger partial charge >= 0.3 is 0 Å². The molecule has 0 aromatic heterocycles. The number of hydrogen-bond acceptors (Lipinski definition) is 1. The highest BCUT2D eigenvalue weighted by Gasteiger charge is 2.33. The Hall–Kier alpha value is -5.75. The largest absolute Gasteiger partial charge is 0.309 e.